The van der Waals surface area contributed by atoms with E-state index in [-0.39, 0.29) is 17.6 Å². The highest BCUT2D eigenvalue weighted by molar-refractivity contribution is 5.92. The van der Waals surface area contributed by atoms with Crippen molar-refractivity contribution < 1.29 is 9.53 Å². The van der Waals surface area contributed by atoms with E-state index in [0.717, 1.165) is 11.4 Å². The molecular weight excluding hydrogens is 358 g/mol. The fourth-order valence-electron chi connectivity index (χ4n) is 3.21. The number of hydrogen-bond donors (Lipinski definition) is 0. The molecule has 8 heteroatoms. The molecule has 0 bridgehead atoms. The maximum atomic E-state index is 12.7. The lowest BCUT2D eigenvalue weighted by Crippen LogP contribution is -2.31. The number of aromatic nitrogens is 4. The summed E-state index contributed by atoms with van der Waals surface area (Å²) in [5.74, 6) is 0.364. The van der Waals surface area contributed by atoms with Crippen molar-refractivity contribution in [2.24, 2.45) is 7.05 Å². The van der Waals surface area contributed by atoms with Gasteiger partial charge in [-0.05, 0) is 25.1 Å². The second-order valence-electron chi connectivity index (χ2n) is 6.86. The van der Waals surface area contributed by atoms with Crippen LogP contribution in [0.1, 0.15) is 22.6 Å². The molecular formula is C20H21N5O3. The Bertz CT molecular complexity index is 1060. The summed E-state index contributed by atoms with van der Waals surface area (Å²) in [5, 5.41) is 8.48. The number of rotatable bonds is 4. The molecule has 1 aliphatic heterocycles. The number of likely N-dealkylation sites (tertiary alicyclic amines) is 1. The molecule has 3 aromatic rings. The zero-order valence-corrected chi connectivity index (χ0v) is 15.8. The molecule has 144 valence electrons. The average molecular weight is 379 g/mol. The molecule has 8 nitrogen and oxygen atoms in total. The van der Waals surface area contributed by atoms with Crippen LogP contribution in [0, 0.1) is 6.92 Å². The lowest BCUT2D eigenvalue weighted by Gasteiger charge is -2.16. The summed E-state index contributed by atoms with van der Waals surface area (Å²) in [6, 6.07) is 12.7. The number of amides is 1. The summed E-state index contributed by atoms with van der Waals surface area (Å²) in [7, 11) is 1.72. The molecule has 0 radical (unpaired) electrons. The topological polar surface area (TPSA) is 82.2 Å². The molecule has 0 saturated carbocycles. The Hall–Kier alpha value is -3.42. The van der Waals surface area contributed by atoms with Crippen molar-refractivity contribution in [2.75, 3.05) is 13.1 Å². The zero-order chi connectivity index (χ0) is 19.7. The minimum Gasteiger partial charge on any atom is -0.488 e. The Morgan fingerprint density at radius 3 is 2.75 bits per heavy atom. The Labute approximate surface area is 162 Å². The van der Waals surface area contributed by atoms with Crippen molar-refractivity contribution in [3.8, 4) is 11.4 Å². The van der Waals surface area contributed by atoms with E-state index in [0.29, 0.717) is 31.0 Å². The molecule has 3 heterocycles. The van der Waals surface area contributed by atoms with Crippen LogP contribution in [0.15, 0.2) is 53.5 Å². The smallest absolute Gasteiger partial charge is 0.276 e. The number of nitrogens with zero attached hydrogens (tertiary/aromatic N) is 5. The first-order chi connectivity index (χ1) is 13.5. The second kappa shape index (κ2) is 7.30. The molecule has 1 aliphatic rings. The number of pyridine rings is 1. The van der Waals surface area contributed by atoms with Crippen LogP contribution in [0.3, 0.4) is 0 Å². The molecule has 28 heavy (non-hydrogen) atoms. The quantitative estimate of drug-likeness (QED) is 0.687. The molecule has 0 N–H and O–H groups in total. The lowest BCUT2D eigenvalue weighted by atomic mass is 10.3. The van der Waals surface area contributed by atoms with E-state index < -0.39 is 0 Å². The van der Waals surface area contributed by atoms with Gasteiger partial charge in [0.25, 0.3) is 11.5 Å². The molecule has 0 aliphatic carbocycles. The van der Waals surface area contributed by atoms with Crippen LogP contribution in [0.2, 0.25) is 0 Å². The maximum Gasteiger partial charge on any atom is 0.276 e. The number of aryl methyl sites for hydroxylation is 1. The molecule has 1 aromatic carbocycles. The van der Waals surface area contributed by atoms with Crippen LogP contribution in [-0.2, 0) is 7.05 Å². The van der Waals surface area contributed by atoms with E-state index in [1.807, 2.05) is 43.3 Å². The summed E-state index contributed by atoms with van der Waals surface area (Å²) in [6.07, 6.45) is 2.03. The van der Waals surface area contributed by atoms with Gasteiger partial charge in [0.15, 0.2) is 5.69 Å². The molecule has 1 unspecified atom stereocenters. The van der Waals surface area contributed by atoms with Crippen molar-refractivity contribution in [1.29, 1.82) is 0 Å². The van der Waals surface area contributed by atoms with Gasteiger partial charge >= 0.3 is 0 Å². The van der Waals surface area contributed by atoms with E-state index in [2.05, 4.69) is 10.2 Å². The van der Waals surface area contributed by atoms with Crippen molar-refractivity contribution in [3.05, 3.63) is 70.4 Å². The Morgan fingerprint density at radius 1 is 1.21 bits per heavy atom. The van der Waals surface area contributed by atoms with Gasteiger partial charge in [-0.3, -0.25) is 9.59 Å². The Balaban J connectivity index is 1.42. The molecule has 4 rings (SSSR count). The van der Waals surface area contributed by atoms with E-state index in [4.69, 9.17) is 4.74 Å². The molecule has 2 aromatic heterocycles. The monoisotopic (exact) mass is 379 g/mol. The summed E-state index contributed by atoms with van der Waals surface area (Å²) in [6.45, 7) is 2.88. The third-order valence-electron chi connectivity index (χ3n) is 4.91. The van der Waals surface area contributed by atoms with E-state index in [1.54, 1.807) is 16.5 Å². The minimum absolute atomic E-state index is 0.113. The molecule has 1 amide bonds. The molecule has 1 fully saturated rings. The minimum atomic E-state index is -0.173. The van der Waals surface area contributed by atoms with Gasteiger partial charge in [0, 0.05) is 31.8 Å². The summed E-state index contributed by atoms with van der Waals surface area (Å²) >= 11 is 0. The first kappa shape index (κ1) is 18.0. The largest absolute Gasteiger partial charge is 0.488 e. The van der Waals surface area contributed by atoms with Gasteiger partial charge in [-0.1, -0.05) is 18.2 Å². The number of hydrogen-bond acceptors (Lipinski definition) is 5. The van der Waals surface area contributed by atoms with Gasteiger partial charge in [-0.15, -0.1) is 5.10 Å². The lowest BCUT2D eigenvalue weighted by molar-refractivity contribution is 0.0766. The fourth-order valence-corrected chi connectivity index (χ4v) is 3.21. The van der Waals surface area contributed by atoms with Crippen LogP contribution < -0.4 is 10.3 Å². The Morgan fingerprint density at radius 2 is 2.00 bits per heavy atom. The van der Waals surface area contributed by atoms with Crippen molar-refractivity contribution >= 4 is 5.91 Å². The fraction of sp³-hybridized carbons (Fsp3) is 0.300. The highest BCUT2D eigenvalue weighted by Gasteiger charge is 2.30. The summed E-state index contributed by atoms with van der Waals surface area (Å²) in [4.78, 5) is 27.8. The Kier molecular flexibility index (Phi) is 4.68. The van der Waals surface area contributed by atoms with E-state index in [9.17, 15) is 9.59 Å². The van der Waals surface area contributed by atoms with Crippen LogP contribution in [0.25, 0.3) is 5.69 Å². The maximum absolute atomic E-state index is 12.7. The second-order valence-corrected chi connectivity index (χ2v) is 6.86. The number of para-hydroxylation sites is 1. The SMILES string of the molecule is Cc1cc(OC2CCN(C(=O)c3cnn(-c4ccccc4)n3)C2)cc(=O)n1C. The molecule has 1 atom stereocenters. The predicted molar refractivity (Wildman–Crippen MR) is 103 cm³/mol. The molecule has 1 saturated heterocycles. The highest BCUT2D eigenvalue weighted by Crippen LogP contribution is 2.19. The van der Waals surface area contributed by atoms with Gasteiger partial charge < -0.3 is 14.2 Å². The van der Waals surface area contributed by atoms with Gasteiger partial charge in [0.1, 0.15) is 11.9 Å². The zero-order valence-electron chi connectivity index (χ0n) is 15.8. The predicted octanol–water partition coefficient (Wildman–Crippen LogP) is 1.57. The summed E-state index contributed by atoms with van der Waals surface area (Å²) in [5.41, 5.74) is 1.81. The van der Waals surface area contributed by atoms with Crippen molar-refractivity contribution in [3.63, 3.8) is 0 Å². The van der Waals surface area contributed by atoms with Gasteiger partial charge in [0.2, 0.25) is 0 Å². The van der Waals surface area contributed by atoms with E-state index in [1.165, 1.54) is 17.1 Å². The number of benzene rings is 1. The first-order valence-corrected chi connectivity index (χ1v) is 9.12. The first-order valence-electron chi connectivity index (χ1n) is 9.12. The van der Waals surface area contributed by atoms with Crippen molar-refractivity contribution in [2.45, 2.75) is 19.4 Å². The molecule has 0 spiro atoms. The number of carbonyl (C=O) groups is 1. The third kappa shape index (κ3) is 3.53. The van der Waals surface area contributed by atoms with Crippen LogP contribution >= 0.6 is 0 Å². The van der Waals surface area contributed by atoms with E-state index >= 15 is 0 Å². The third-order valence-corrected chi connectivity index (χ3v) is 4.91. The highest BCUT2D eigenvalue weighted by atomic mass is 16.5. The van der Waals surface area contributed by atoms with Gasteiger partial charge in [0.05, 0.1) is 18.4 Å². The van der Waals surface area contributed by atoms with Gasteiger partial charge in [-0.2, -0.15) is 9.90 Å². The number of carbonyl (C=O) groups excluding carboxylic acids is 1. The van der Waals surface area contributed by atoms with Crippen LogP contribution in [0.5, 0.6) is 5.75 Å². The van der Waals surface area contributed by atoms with Gasteiger partial charge in [-0.25, -0.2) is 0 Å². The van der Waals surface area contributed by atoms with Crippen LogP contribution in [-0.4, -0.2) is 49.6 Å². The summed E-state index contributed by atoms with van der Waals surface area (Å²) < 4.78 is 7.50. The van der Waals surface area contributed by atoms with Crippen LogP contribution in [0.4, 0.5) is 0 Å². The normalized spacial score (nSPS) is 16.4. The standard InChI is InChI=1S/C20H21N5O3/c1-14-10-17(11-19(26)23(14)2)28-16-8-9-24(13-16)20(27)18-12-21-25(22-18)15-6-4-3-5-7-15/h3-7,10-12,16H,8-9,13H2,1-2H3. The number of ether oxygens (including phenoxy) is 1. The average Bonchev–Trinajstić information content (AvgIpc) is 3.36. The van der Waals surface area contributed by atoms with Crippen molar-refractivity contribution in [1.82, 2.24) is 24.5 Å².